The van der Waals surface area contributed by atoms with E-state index >= 15 is 0 Å². The van der Waals surface area contributed by atoms with Gasteiger partial charge in [0.1, 0.15) is 5.75 Å². The number of alkyl halides is 2. The predicted molar refractivity (Wildman–Crippen MR) is 69.6 cm³/mol. The van der Waals surface area contributed by atoms with E-state index in [-0.39, 0.29) is 5.75 Å². The van der Waals surface area contributed by atoms with Gasteiger partial charge in [0, 0.05) is 11.4 Å². The predicted octanol–water partition coefficient (Wildman–Crippen LogP) is 4.00. The van der Waals surface area contributed by atoms with Crippen molar-refractivity contribution >= 4 is 17.0 Å². The molecule has 0 saturated carbocycles. The fourth-order valence-corrected chi connectivity index (χ4v) is 2.30. The third-order valence-electron chi connectivity index (χ3n) is 2.37. The van der Waals surface area contributed by atoms with Crippen LogP contribution in [0.1, 0.15) is 4.88 Å². The zero-order valence-corrected chi connectivity index (χ0v) is 10.4. The number of ether oxygens (including phenoxy) is 1. The lowest BCUT2D eigenvalue weighted by Crippen LogP contribution is -2.08. The molecule has 2 rings (SSSR count). The van der Waals surface area contributed by atoms with E-state index in [4.69, 9.17) is 0 Å². The van der Waals surface area contributed by atoms with Gasteiger partial charge in [0.15, 0.2) is 0 Å². The van der Waals surface area contributed by atoms with E-state index in [9.17, 15) is 8.78 Å². The lowest BCUT2D eigenvalue weighted by molar-refractivity contribution is -0.0493. The Morgan fingerprint density at radius 2 is 2.00 bits per heavy atom. The summed E-state index contributed by atoms with van der Waals surface area (Å²) in [6, 6.07) is 10.8. The molecule has 0 aliphatic rings. The number of halogens is 2. The van der Waals surface area contributed by atoms with Crippen LogP contribution in [0.5, 0.6) is 5.75 Å². The Labute approximate surface area is 108 Å². The number of nitrogens with one attached hydrogen (secondary N) is 1. The number of para-hydroxylation sites is 2. The molecule has 0 aliphatic heterocycles. The second-order valence-corrected chi connectivity index (χ2v) is 4.66. The van der Waals surface area contributed by atoms with Crippen LogP contribution in [0.15, 0.2) is 41.8 Å². The SMILES string of the molecule is FC(F)Oc1ccccc1NCCc1cccs1. The highest BCUT2D eigenvalue weighted by Crippen LogP contribution is 2.25. The topological polar surface area (TPSA) is 21.3 Å². The van der Waals surface area contributed by atoms with Crippen molar-refractivity contribution < 1.29 is 13.5 Å². The third-order valence-corrected chi connectivity index (χ3v) is 3.31. The average Bonchev–Trinajstić information content (AvgIpc) is 2.84. The van der Waals surface area contributed by atoms with Gasteiger partial charge in [-0.2, -0.15) is 8.78 Å². The Morgan fingerprint density at radius 3 is 2.72 bits per heavy atom. The summed E-state index contributed by atoms with van der Waals surface area (Å²) in [6.45, 7) is -2.12. The third kappa shape index (κ3) is 3.70. The molecule has 18 heavy (non-hydrogen) atoms. The maximum atomic E-state index is 12.2. The summed E-state index contributed by atoms with van der Waals surface area (Å²) in [7, 11) is 0. The van der Waals surface area contributed by atoms with Gasteiger partial charge in [-0.05, 0) is 30.0 Å². The van der Waals surface area contributed by atoms with Crippen LogP contribution in [0.2, 0.25) is 0 Å². The molecule has 2 nitrogen and oxygen atoms in total. The molecule has 0 radical (unpaired) electrons. The van der Waals surface area contributed by atoms with Gasteiger partial charge in [0.2, 0.25) is 0 Å². The lowest BCUT2D eigenvalue weighted by atomic mass is 10.2. The molecule has 2 aromatic rings. The highest BCUT2D eigenvalue weighted by molar-refractivity contribution is 7.09. The Morgan fingerprint density at radius 1 is 1.17 bits per heavy atom. The molecular weight excluding hydrogens is 256 g/mol. The standard InChI is InChI=1S/C13H13F2NOS/c14-13(15)17-12-6-2-1-5-11(12)16-8-7-10-4-3-9-18-10/h1-6,9,13,16H,7-8H2. The number of hydrogen-bond donors (Lipinski definition) is 1. The Hall–Kier alpha value is -1.62. The summed E-state index contributed by atoms with van der Waals surface area (Å²) in [4.78, 5) is 1.26. The summed E-state index contributed by atoms with van der Waals surface area (Å²) < 4.78 is 28.8. The van der Waals surface area contributed by atoms with Crippen molar-refractivity contribution in [1.82, 2.24) is 0 Å². The van der Waals surface area contributed by atoms with E-state index in [1.54, 1.807) is 29.5 Å². The molecule has 0 unspecified atom stereocenters. The fourth-order valence-electron chi connectivity index (χ4n) is 1.59. The van der Waals surface area contributed by atoms with Crippen molar-refractivity contribution in [2.75, 3.05) is 11.9 Å². The molecule has 0 bridgehead atoms. The van der Waals surface area contributed by atoms with Crippen LogP contribution in [0.4, 0.5) is 14.5 Å². The van der Waals surface area contributed by atoms with Gasteiger partial charge in [-0.3, -0.25) is 0 Å². The van der Waals surface area contributed by atoms with Crippen LogP contribution in [0.3, 0.4) is 0 Å². The summed E-state index contributed by atoms with van der Waals surface area (Å²) >= 11 is 1.68. The maximum Gasteiger partial charge on any atom is 0.387 e. The molecule has 96 valence electrons. The van der Waals surface area contributed by atoms with E-state index < -0.39 is 6.61 Å². The first-order chi connectivity index (χ1) is 8.75. The minimum atomic E-state index is -2.80. The highest BCUT2D eigenvalue weighted by Gasteiger charge is 2.08. The van der Waals surface area contributed by atoms with Gasteiger partial charge in [0.05, 0.1) is 5.69 Å². The lowest BCUT2D eigenvalue weighted by Gasteiger charge is -2.12. The normalized spacial score (nSPS) is 10.6. The number of anilines is 1. The zero-order chi connectivity index (χ0) is 12.8. The molecule has 1 N–H and O–H groups in total. The van der Waals surface area contributed by atoms with Crippen molar-refractivity contribution in [2.45, 2.75) is 13.0 Å². The van der Waals surface area contributed by atoms with E-state index in [1.807, 2.05) is 17.5 Å². The molecule has 0 aliphatic carbocycles. The Kier molecular flexibility index (Phi) is 4.52. The minimum absolute atomic E-state index is 0.179. The number of benzene rings is 1. The average molecular weight is 269 g/mol. The monoisotopic (exact) mass is 269 g/mol. The first-order valence-corrected chi connectivity index (χ1v) is 6.44. The number of hydrogen-bond acceptors (Lipinski definition) is 3. The van der Waals surface area contributed by atoms with Crippen molar-refractivity contribution in [3.8, 4) is 5.75 Å². The summed E-state index contributed by atoms with van der Waals surface area (Å²) in [6.07, 6.45) is 0.862. The summed E-state index contributed by atoms with van der Waals surface area (Å²) in [5.41, 5.74) is 0.592. The van der Waals surface area contributed by atoms with Crippen molar-refractivity contribution in [1.29, 1.82) is 0 Å². The molecule has 5 heteroatoms. The smallest absolute Gasteiger partial charge is 0.387 e. The number of rotatable bonds is 6. The van der Waals surface area contributed by atoms with Crippen molar-refractivity contribution in [3.05, 3.63) is 46.7 Å². The second-order valence-electron chi connectivity index (χ2n) is 3.63. The largest absolute Gasteiger partial charge is 0.433 e. The minimum Gasteiger partial charge on any atom is -0.433 e. The van der Waals surface area contributed by atoms with E-state index in [0.29, 0.717) is 12.2 Å². The van der Waals surface area contributed by atoms with E-state index in [1.165, 1.54) is 10.9 Å². The van der Waals surface area contributed by atoms with Gasteiger partial charge in [0.25, 0.3) is 0 Å². The molecule has 0 fully saturated rings. The second kappa shape index (κ2) is 6.35. The van der Waals surface area contributed by atoms with Gasteiger partial charge in [-0.1, -0.05) is 18.2 Å². The number of thiophene rings is 1. The summed E-state index contributed by atoms with van der Waals surface area (Å²) in [5.74, 6) is 0.179. The molecular formula is C13H13F2NOS. The van der Waals surface area contributed by atoms with Crippen LogP contribution < -0.4 is 10.1 Å². The first-order valence-electron chi connectivity index (χ1n) is 5.56. The quantitative estimate of drug-likeness (QED) is 0.855. The van der Waals surface area contributed by atoms with Crippen molar-refractivity contribution in [3.63, 3.8) is 0 Å². The molecule has 0 spiro atoms. The van der Waals surface area contributed by atoms with Crippen LogP contribution in [0.25, 0.3) is 0 Å². The zero-order valence-electron chi connectivity index (χ0n) is 9.61. The Balaban J connectivity index is 1.92. The molecule has 1 aromatic carbocycles. The molecule has 1 heterocycles. The Bertz CT molecular complexity index is 474. The first kappa shape index (κ1) is 12.8. The highest BCUT2D eigenvalue weighted by atomic mass is 32.1. The van der Waals surface area contributed by atoms with Gasteiger partial charge in [-0.25, -0.2) is 0 Å². The van der Waals surface area contributed by atoms with Crippen molar-refractivity contribution in [2.24, 2.45) is 0 Å². The molecule has 1 aromatic heterocycles. The maximum absolute atomic E-state index is 12.2. The van der Waals surface area contributed by atoms with Crippen LogP contribution in [-0.2, 0) is 6.42 Å². The fraction of sp³-hybridized carbons (Fsp3) is 0.231. The molecule has 0 amide bonds. The van der Waals surface area contributed by atoms with Crippen LogP contribution in [-0.4, -0.2) is 13.2 Å². The van der Waals surface area contributed by atoms with Crippen LogP contribution >= 0.6 is 11.3 Å². The van der Waals surface area contributed by atoms with Crippen LogP contribution in [0, 0.1) is 0 Å². The van der Waals surface area contributed by atoms with Gasteiger partial charge >= 0.3 is 6.61 Å². The van der Waals surface area contributed by atoms with E-state index in [0.717, 1.165) is 6.42 Å². The molecule has 0 saturated heterocycles. The molecule has 0 atom stereocenters. The summed E-state index contributed by atoms with van der Waals surface area (Å²) in [5, 5.41) is 5.12. The van der Waals surface area contributed by atoms with E-state index in [2.05, 4.69) is 10.1 Å². The van der Waals surface area contributed by atoms with Gasteiger partial charge in [-0.15, -0.1) is 11.3 Å². The van der Waals surface area contributed by atoms with Gasteiger partial charge < -0.3 is 10.1 Å².